The fourth-order valence-electron chi connectivity index (χ4n) is 2.81. The minimum Gasteiger partial charge on any atom is -0.375 e. The second kappa shape index (κ2) is 7.41. The van der Waals surface area contributed by atoms with Crippen molar-refractivity contribution in [3.05, 3.63) is 59.8 Å². The first-order valence-electron chi connectivity index (χ1n) is 8.24. The molecule has 1 aromatic heterocycles. The van der Waals surface area contributed by atoms with Gasteiger partial charge in [0.05, 0.1) is 0 Å². The molecular weight excluding hydrogens is 330 g/mol. The molecule has 3 rings (SSSR count). The Kier molecular flexibility index (Phi) is 5.04. The number of methoxy groups -OCH3 is 1. The van der Waals surface area contributed by atoms with Crippen molar-refractivity contribution in [1.29, 1.82) is 0 Å². The Bertz CT molecular complexity index is 976. The summed E-state index contributed by atoms with van der Waals surface area (Å²) in [7, 11) is 3.42. The summed E-state index contributed by atoms with van der Waals surface area (Å²) >= 11 is 0. The molecule has 2 amide bonds. The maximum atomic E-state index is 12.5. The van der Waals surface area contributed by atoms with Gasteiger partial charge in [0, 0.05) is 42.8 Å². The van der Waals surface area contributed by atoms with E-state index in [2.05, 4.69) is 10.6 Å². The molecule has 0 bridgehead atoms. The highest BCUT2D eigenvalue weighted by atomic mass is 16.5. The zero-order valence-electron chi connectivity index (χ0n) is 15.0. The number of hydrogen-bond donors (Lipinski definition) is 2. The summed E-state index contributed by atoms with van der Waals surface area (Å²) in [5.41, 5.74) is 3.81. The molecule has 134 valence electrons. The Morgan fingerprint density at radius 1 is 1.08 bits per heavy atom. The van der Waals surface area contributed by atoms with E-state index in [1.54, 1.807) is 12.1 Å². The van der Waals surface area contributed by atoms with E-state index in [1.165, 1.54) is 7.11 Å². The van der Waals surface area contributed by atoms with Crippen molar-refractivity contribution in [2.75, 3.05) is 24.4 Å². The molecule has 0 spiro atoms. The van der Waals surface area contributed by atoms with E-state index >= 15 is 0 Å². The molecule has 0 aliphatic rings. The number of fused-ring (bicyclic) bond motifs is 1. The third kappa shape index (κ3) is 3.75. The first-order valence-corrected chi connectivity index (χ1v) is 8.24. The third-order valence-corrected chi connectivity index (χ3v) is 4.18. The van der Waals surface area contributed by atoms with E-state index in [9.17, 15) is 9.59 Å². The predicted molar refractivity (Wildman–Crippen MR) is 103 cm³/mol. The molecule has 0 radical (unpaired) electrons. The molecule has 2 N–H and O–H groups in total. The van der Waals surface area contributed by atoms with Gasteiger partial charge in [-0.1, -0.05) is 6.07 Å². The van der Waals surface area contributed by atoms with Crippen molar-refractivity contribution in [2.24, 2.45) is 7.05 Å². The van der Waals surface area contributed by atoms with Crippen LogP contribution in [0.25, 0.3) is 10.9 Å². The quantitative estimate of drug-likeness (QED) is 0.741. The highest BCUT2D eigenvalue weighted by Gasteiger charge is 2.10. The maximum Gasteiger partial charge on any atom is 0.255 e. The highest BCUT2D eigenvalue weighted by Crippen LogP contribution is 2.21. The number of aromatic nitrogens is 1. The number of hydrogen-bond acceptors (Lipinski definition) is 3. The van der Waals surface area contributed by atoms with Crippen LogP contribution in [0.2, 0.25) is 0 Å². The predicted octanol–water partition coefficient (Wildman–Crippen LogP) is 3.32. The number of aryl methyl sites for hydroxylation is 2. The Labute approximate surface area is 151 Å². The van der Waals surface area contributed by atoms with Gasteiger partial charge in [0.1, 0.15) is 6.61 Å². The summed E-state index contributed by atoms with van der Waals surface area (Å²) in [6.45, 7) is 1.87. The molecular formula is C20H21N3O3. The van der Waals surface area contributed by atoms with E-state index in [0.717, 1.165) is 16.5 Å². The van der Waals surface area contributed by atoms with Crippen LogP contribution < -0.4 is 10.6 Å². The lowest BCUT2D eigenvalue weighted by Crippen LogP contribution is -2.18. The van der Waals surface area contributed by atoms with E-state index in [1.807, 2.05) is 55.1 Å². The van der Waals surface area contributed by atoms with Gasteiger partial charge in [-0.3, -0.25) is 9.59 Å². The lowest BCUT2D eigenvalue weighted by Gasteiger charge is -2.11. The van der Waals surface area contributed by atoms with E-state index in [4.69, 9.17) is 4.74 Å². The minimum atomic E-state index is -0.219. The van der Waals surface area contributed by atoms with Crippen molar-refractivity contribution >= 4 is 34.1 Å². The van der Waals surface area contributed by atoms with Crippen LogP contribution in [0.3, 0.4) is 0 Å². The first-order chi connectivity index (χ1) is 12.5. The van der Waals surface area contributed by atoms with Crippen molar-refractivity contribution in [1.82, 2.24) is 4.57 Å². The Balaban J connectivity index is 1.75. The van der Waals surface area contributed by atoms with Gasteiger partial charge in [-0.15, -0.1) is 0 Å². The van der Waals surface area contributed by atoms with Crippen molar-refractivity contribution in [2.45, 2.75) is 6.92 Å². The number of amides is 2. The molecule has 0 atom stereocenters. The number of carbonyl (C=O) groups is 2. The van der Waals surface area contributed by atoms with E-state index < -0.39 is 0 Å². The van der Waals surface area contributed by atoms with Crippen LogP contribution in [0.5, 0.6) is 0 Å². The Morgan fingerprint density at radius 3 is 2.62 bits per heavy atom. The van der Waals surface area contributed by atoms with Gasteiger partial charge in [0.25, 0.3) is 5.91 Å². The fourth-order valence-corrected chi connectivity index (χ4v) is 2.81. The lowest BCUT2D eigenvalue weighted by molar-refractivity contribution is -0.119. The minimum absolute atomic E-state index is 0.000437. The Hall–Kier alpha value is -3.12. The largest absolute Gasteiger partial charge is 0.375 e. The van der Waals surface area contributed by atoms with Gasteiger partial charge in [0.2, 0.25) is 5.91 Å². The number of ether oxygens (including phenoxy) is 1. The standard InChI is InChI=1S/C20H21N3O3/c1-13-10-16(6-7-17(13)22-19(24)12-26-3)21-20(25)15-5-4-14-8-9-23(2)18(14)11-15/h4-11H,12H2,1-3H3,(H,21,25)(H,22,24). The van der Waals surface area contributed by atoms with Crippen molar-refractivity contribution in [3.63, 3.8) is 0 Å². The molecule has 1 heterocycles. The lowest BCUT2D eigenvalue weighted by atomic mass is 10.1. The molecule has 2 aromatic carbocycles. The van der Waals surface area contributed by atoms with Gasteiger partial charge in [-0.05, 0) is 54.3 Å². The van der Waals surface area contributed by atoms with Gasteiger partial charge in [-0.25, -0.2) is 0 Å². The number of nitrogens with zero attached hydrogens (tertiary/aromatic N) is 1. The number of nitrogens with one attached hydrogen (secondary N) is 2. The summed E-state index contributed by atoms with van der Waals surface area (Å²) in [6.07, 6.45) is 1.96. The van der Waals surface area contributed by atoms with Crippen LogP contribution >= 0.6 is 0 Å². The molecule has 0 saturated carbocycles. The molecule has 0 aliphatic heterocycles. The normalized spacial score (nSPS) is 10.7. The van der Waals surface area contributed by atoms with Gasteiger partial charge < -0.3 is 19.9 Å². The zero-order valence-corrected chi connectivity index (χ0v) is 15.0. The van der Waals surface area contributed by atoms with Crippen molar-refractivity contribution in [3.8, 4) is 0 Å². The second-order valence-electron chi connectivity index (χ2n) is 6.17. The molecule has 0 saturated heterocycles. The molecule has 6 heteroatoms. The van der Waals surface area contributed by atoms with Crippen LogP contribution in [0.1, 0.15) is 15.9 Å². The average Bonchev–Trinajstić information content (AvgIpc) is 2.98. The van der Waals surface area contributed by atoms with E-state index in [-0.39, 0.29) is 18.4 Å². The summed E-state index contributed by atoms with van der Waals surface area (Å²) in [5.74, 6) is -0.396. The summed E-state index contributed by atoms with van der Waals surface area (Å²) in [6, 6.07) is 13.0. The molecule has 0 fully saturated rings. The smallest absolute Gasteiger partial charge is 0.255 e. The summed E-state index contributed by atoms with van der Waals surface area (Å²) in [5, 5.41) is 6.76. The number of carbonyl (C=O) groups excluding carboxylic acids is 2. The first kappa shape index (κ1) is 17.7. The molecule has 26 heavy (non-hydrogen) atoms. The van der Waals surface area contributed by atoms with Gasteiger partial charge in [-0.2, -0.15) is 0 Å². The number of benzene rings is 2. The third-order valence-electron chi connectivity index (χ3n) is 4.18. The molecule has 0 unspecified atom stereocenters. The zero-order chi connectivity index (χ0) is 18.7. The van der Waals surface area contributed by atoms with Crippen molar-refractivity contribution < 1.29 is 14.3 Å². The average molecular weight is 351 g/mol. The number of rotatable bonds is 5. The van der Waals surface area contributed by atoms with Crippen LogP contribution in [0, 0.1) is 6.92 Å². The Morgan fingerprint density at radius 2 is 1.88 bits per heavy atom. The van der Waals surface area contributed by atoms with Crippen LogP contribution in [0.15, 0.2) is 48.7 Å². The summed E-state index contributed by atoms with van der Waals surface area (Å²) < 4.78 is 6.78. The van der Waals surface area contributed by atoms with E-state index in [0.29, 0.717) is 16.9 Å². The van der Waals surface area contributed by atoms with Gasteiger partial charge in [0.15, 0.2) is 0 Å². The van der Waals surface area contributed by atoms with Crippen LogP contribution in [0.4, 0.5) is 11.4 Å². The second-order valence-corrected chi connectivity index (χ2v) is 6.17. The highest BCUT2D eigenvalue weighted by molar-refractivity contribution is 6.06. The summed E-state index contributed by atoms with van der Waals surface area (Å²) in [4.78, 5) is 24.2. The molecule has 0 aliphatic carbocycles. The fraction of sp³-hybridized carbons (Fsp3) is 0.200. The van der Waals surface area contributed by atoms with Crippen LogP contribution in [-0.4, -0.2) is 30.1 Å². The van der Waals surface area contributed by atoms with Crippen LogP contribution in [-0.2, 0) is 16.6 Å². The van der Waals surface area contributed by atoms with Gasteiger partial charge >= 0.3 is 0 Å². The maximum absolute atomic E-state index is 12.5. The SMILES string of the molecule is COCC(=O)Nc1ccc(NC(=O)c2ccc3ccn(C)c3c2)cc1C. The number of anilines is 2. The topological polar surface area (TPSA) is 72.4 Å². The molecule has 6 nitrogen and oxygen atoms in total. The molecule has 3 aromatic rings. The monoisotopic (exact) mass is 351 g/mol.